The van der Waals surface area contributed by atoms with Crippen molar-refractivity contribution in [2.45, 2.75) is 0 Å². The average molecular weight is 773 g/mol. The Hall–Kier alpha value is -6.98. The second-order valence-electron chi connectivity index (χ2n) is 15.2. The molecule has 12 rings (SSSR count). The summed E-state index contributed by atoms with van der Waals surface area (Å²) in [5.41, 5.74) is 7.27. The number of nitrogens with zero attached hydrogens (tertiary/aromatic N) is 2. The molecule has 0 saturated carbocycles. The fraction of sp³-hybridized carbons (Fsp3) is 0. The summed E-state index contributed by atoms with van der Waals surface area (Å²) in [5, 5.41) is 13.3. The molecule has 12 aromatic rings. The van der Waals surface area contributed by atoms with Crippen LogP contribution in [0.2, 0.25) is 0 Å². The van der Waals surface area contributed by atoms with Gasteiger partial charge in [-0.15, -0.1) is 11.3 Å². The van der Waals surface area contributed by atoms with E-state index in [0.29, 0.717) is 0 Å². The Balaban J connectivity index is 1.18. The molecule has 0 aliphatic heterocycles. The van der Waals surface area contributed by atoms with E-state index in [0.717, 1.165) is 0 Å². The topological polar surface area (TPSA) is 9.86 Å². The van der Waals surface area contributed by atoms with Crippen LogP contribution < -0.4 is 20.7 Å². The predicted octanol–water partition coefficient (Wildman–Crippen LogP) is 11.6. The molecule has 3 heterocycles. The molecule has 0 unspecified atom stereocenters. The third-order valence-corrected chi connectivity index (χ3v) is 18.2. The van der Waals surface area contributed by atoms with Crippen molar-refractivity contribution >= 4 is 104 Å². The molecule has 4 heteroatoms. The zero-order valence-corrected chi connectivity index (χ0v) is 33.4. The van der Waals surface area contributed by atoms with Crippen molar-refractivity contribution in [3.63, 3.8) is 0 Å². The Morgan fingerprint density at radius 2 is 0.845 bits per heavy atom. The maximum Gasteiger partial charge on any atom is 0.180 e. The molecule has 0 bridgehead atoms. The molecule has 272 valence electrons. The van der Waals surface area contributed by atoms with Gasteiger partial charge < -0.3 is 9.13 Å². The van der Waals surface area contributed by atoms with E-state index in [9.17, 15) is 0 Å². The van der Waals surface area contributed by atoms with E-state index in [1.807, 2.05) is 11.3 Å². The number of rotatable bonds is 6. The first-order chi connectivity index (χ1) is 28.8. The number of hydrogen-bond donors (Lipinski definition) is 0. The van der Waals surface area contributed by atoms with E-state index in [1.54, 1.807) is 0 Å². The number of hydrogen-bond acceptors (Lipinski definition) is 1. The zero-order valence-electron chi connectivity index (χ0n) is 31.6. The second-order valence-corrected chi connectivity index (χ2v) is 20.1. The molecule has 58 heavy (non-hydrogen) atoms. The zero-order chi connectivity index (χ0) is 38.2. The fourth-order valence-electron chi connectivity index (χ4n) is 9.92. The summed E-state index contributed by atoms with van der Waals surface area (Å²) in [6, 6.07) is 81.5. The second kappa shape index (κ2) is 13.0. The molecule has 0 atom stereocenters. The van der Waals surface area contributed by atoms with Gasteiger partial charge in [0.25, 0.3) is 0 Å². The van der Waals surface area contributed by atoms with Crippen molar-refractivity contribution < 1.29 is 0 Å². The van der Waals surface area contributed by atoms with Gasteiger partial charge in [0.15, 0.2) is 8.07 Å². The molecule has 0 spiro atoms. The van der Waals surface area contributed by atoms with E-state index in [2.05, 4.69) is 228 Å². The molecule has 0 aliphatic carbocycles. The highest BCUT2D eigenvalue weighted by atomic mass is 32.1. The number of thiophene rings is 1. The smallest absolute Gasteiger partial charge is 0.180 e. The number of fused-ring (bicyclic) bond motifs is 10. The van der Waals surface area contributed by atoms with Crippen LogP contribution in [0.15, 0.2) is 218 Å². The van der Waals surface area contributed by atoms with Gasteiger partial charge in [0, 0.05) is 53.1 Å². The van der Waals surface area contributed by atoms with Crippen molar-refractivity contribution in [1.82, 2.24) is 9.13 Å². The van der Waals surface area contributed by atoms with Gasteiger partial charge in [-0.3, -0.25) is 0 Å². The molecule has 9 aromatic carbocycles. The quantitative estimate of drug-likeness (QED) is 0.118. The predicted molar refractivity (Wildman–Crippen MR) is 252 cm³/mol. The number of aromatic nitrogens is 2. The molecular weight excluding hydrogens is 737 g/mol. The van der Waals surface area contributed by atoms with E-state index in [4.69, 9.17) is 0 Å². The van der Waals surface area contributed by atoms with Gasteiger partial charge in [0.05, 0.1) is 22.1 Å². The minimum atomic E-state index is -2.97. The summed E-state index contributed by atoms with van der Waals surface area (Å²) in [6.45, 7) is 0. The third kappa shape index (κ3) is 4.70. The largest absolute Gasteiger partial charge is 0.309 e. The van der Waals surface area contributed by atoms with Crippen molar-refractivity contribution in [3.05, 3.63) is 218 Å². The first-order valence-electron chi connectivity index (χ1n) is 19.9. The summed E-state index contributed by atoms with van der Waals surface area (Å²) in [5.74, 6) is 0. The SMILES string of the molecule is c1ccc(-n2c3ccccc3c3c([Si](c4ccccc4)(c4ccccc4)c4ccc(-n5c6ccccc6c6ccc7sc8ccccc8c7c65)cc4)cccc32)cc1. The van der Waals surface area contributed by atoms with Crippen LogP contribution in [0.5, 0.6) is 0 Å². The molecule has 0 saturated heterocycles. The van der Waals surface area contributed by atoms with Crippen LogP contribution in [-0.4, -0.2) is 17.2 Å². The molecule has 3 aromatic heterocycles. The lowest BCUT2D eigenvalue weighted by Gasteiger charge is -2.35. The lowest BCUT2D eigenvalue weighted by atomic mass is 10.1. The van der Waals surface area contributed by atoms with Gasteiger partial charge in [-0.25, -0.2) is 0 Å². The van der Waals surface area contributed by atoms with Gasteiger partial charge in [-0.2, -0.15) is 0 Å². The van der Waals surface area contributed by atoms with Gasteiger partial charge in [0.1, 0.15) is 0 Å². The van der Waals surface area contributed by atoms with Gasteiger partial charge in [-0.1, -0.05) is 164 Å². The normalized spacial score (nSPS) is 12.1. The molecule has 0 N–H and O–H groups in total. The van der Waals surface area contributed by atoms with E-state index >= 15 is 0 Å². The monoisotopic (exact) mass is 772 g/mol. The van der Waals surface area contributed by atoms with Gasteiger partial charge in [0.2, 0.25) is 0 Å². The lowest BCUT2D eigenvalue weighted by molar-refractivity contribution is 1.18. The van der Waals surface area contributed by atoms with Crippen LogP contribution >= 0.6 is 11.3 Å². The fourth-order valence-corrected chi connectivity index (χ4v) is 16.0. The molecule has 0 amide bonds. The van der Waals surface area contributed by atoms with Crippen LogP contribution in [0, 0.1) is 0 Å². The van der Waals surface area contributed by atoms with Crippen molar-refractivity contribution in [3.8, 4) is 11.4 Å². The van der Waals surface area contributed by atoms with Gasteiger partial charge >= 0.3 is 0 Å². The Morgan fingerprint density at radius 1 is 0.310 bits per heavy atom. The summed E-state index contributed by atoms with van der Waals surface area (Å²) >= 11 is 1.88. The molecule has 0 aliphatic rings. The van der Waals surface area contributed by atoms with Crippen LogP contribution in [0.1, 0.15) is 0 Å². The molecular formula is C54H36N2SSi. The van der Waals surface area contributed by atoms with Crippen molar-refractivity contribution in [2.24, 2.45) is 0 Å². The first kappa shape index (κ1) is 33.2. The summed E-state index contributed by atoms with van der Waals surface area (Å²) in [6.07, 6.45) is 0. The Morgan fingerprint density at radius 3 is 1.55 bits per heavy atom. The minimum Gasteiger partial charge on any atom is -0.309 e. The van der Waals surface area contributed by atoms with E-state index in [-0.39, 0.29) is 0 Å². The summed E-state index contributed by atoms with van der Waals surface area (Å²) < 4.78 is 7.60. The molecule has 0 radical (unpaired) electrons. The summed E-state index contributed by atoms with van der Waals surface area (Å²) in [4.78, 5) is 0. The van der Waals surface area contributed by atoms with E-state index < -0.39 is 8.07 Å². The van der Waals surface area contributed by atoms with Crippen LogP contribution in [-0.2, 0) is 0 Å². The highest BCUT2D eigenvalue weighted by Gasteiger charge is 2.43. The van der Waals surface area contributed by atoms with Crippen LogP contribution in [0.25, 0.3) is 75.2 Å². The molecule has 2 nitrogen and oxygen atoms in total. The first-order valence-corrected chi connectivity index (χ1v) is 22.8. The standard InChI is InChI=1S/C54H36N2SSi/c1-4-17-37(18-5-1)55-47-27-14-11-24-44(47)52-48(55)28-16-30-51(52)58(39-19-6-2-7-20-39,40-21-8-3-9-22-40)41-33-31-38(32-34-41)56-46-26-13-10-23-42(46)43-35-36-50-53(54(43)56)45-25-12-15-29-49(45)57-50/h1-36H. The van der Waals surface area contributed by atoms with Gasteiger partial charge in [-0.05, 0) is 75.3 Å². The third-order valence-electron chi connectivity index (χ3n) is 12.3. The Bertz CT molecular complexity index is 3450. The highest BCUT2D eigenvalue weighted by molar-refractivity contribution is 7.26. The van der Waals surface area contributed by atoms with Crippen LogP contribution in [0.3, 0.4) is 0 Å². The van der Waals surface area contributed by atoms with E-state index in [1.165, 1.54) is 95.9 Å². The van der Waals surface area contributed by atoms with Crippen molar-refractivity contribution in [1.29, 1.82) is 0 Å². The average Bonchev–Trinajstić information content (AvgIpc) is 3.96. The van der Waals surface area contributed by atoms with Crippen LogP contribution in [0.4, 0.5) is 0 Å². The molecule has 0 fully saturated rings. The minimum absolute atomic E-state index is 1.17. The Kier molecular flexibility index (Phi) is 7.46. The maximum atomic E-state index is 2.51. The maximum absolute atomic E-state index is 2.97. The van der Waals surface area contributed by atoms with Crippen molar-refractivity contribution in [2.75, 3.05) is 0 Å². The lowest BCUT2D eigenvalue weighted by Crippen LogP contribution is -2.74. The Labute approximate surface area is 341 Å². The number of para-hydroxylation sites is 3. The number of benzene rings is 9. The highest BCUT2D eigenvalue weighted by Crippen LogP contribution is 2.43. The summed E-state index contributed by atoms with van der Waals surface area (Å²) in [7, 11) is -2.97.